The van der Waals surface area contributed by atoms with E-state index in [9.17, 15) is 24.6 Å². The number of aliphatic hydroxyl groups is 1. The van der Waals surface area contributed by atoms with Crippen LogP contribution in [-0.2, 0) is 14.4 Å². The van der Waals surface area contributed by atoms with E-state index in [1.807, 2.05) is 53.3 Å². The highest BCUT2D eigenvalue weighted by molar-refractivity contribution is 8.03. The summed E-state index contributed by atoms with van der Waals surface area (Å²) < 4.78 is 1.90. The average Bonchev–Trinajstić information content (AvgIpc) is 3.38. The van der Waals surface area contributed by atoms with Gasteiger partial charge in [0.05, 0.1) is 37.2 Å². The highest BCUT2D eigenvalue weighted by atomic mass is 32.2. The first kappa shape index (κ1) is 29.3. The van der Waals surface area contributed by atoms with Gasteiger partial charge in [-0.05, 0) is 19.1 Å². The molecule has 4 N–H and O–H groups in total. The zero-order valence-electron chi connectivity index (χ0n) is 21.4. The molecule has 1 unspecified atom stereocenters. The Bertz CT molecular complexity index is 1390. The van der Waals surface area contributed by atoms with Crippen LogP contribution in [-0.4, -0.2) is 74.1 Å². The van der Waals surface area contributed by atoms with E-state index in [0.717, 1.165) is 21.3 Å². The van der Waals surface area contributed by atoms with E-state index in [0.29, 0.717) is 5.75 Å². The number of carbonyl (C=O) groups excluding carboxylic acids is 3. The van der Waals surface area contributed by atoms with Gasteiger partial charge in [0.25, 0.3) is 16.8 Å². The molecule has 4 heterocycles. The van der Waals surface area contributed by atoms with Crippen LogP contribution in [0, 0.1) is 0 Å². The topological polar surface area (TPSA) is 168 Å². The van der Waals surface area contributed by atoms with Crippen LogP contribution in [0.3, 0.4) is 0 Å². The number of rotatable bonds is 12. The smallest absolute Gasteiger partial charge is 0.272 e. The first-order valence-electron chi connectivity index (χ1n) is 12.1. The van der Waals surface area contributed by atoms with Crippen molar-refractivity contribution in [2.45, 2.75) is 28.6 Å². The summed E-state index contributed by atoms with van der Waals surface area (Å²) in [4.78, 5) is 47.3. The molecule has 0 saturated carbocycles. The SMILES string of the molecule is C=CN(/C=C/C)[n+]1ccccc1SCC1C=C(C(=O)[O-])N2C(=O)[C@@H](NC(=O)C(=NCCO)c3csc(N)n3)[C@H]2S1. The molecular formula is C25H27N7O5S3. The number of anilines is 1. The molecule has 15 heteroatoms. The molecule has 12 nitrogen and oxygen atoms in total. The van der Waals surface area contributed by atoms with E-state index in [-0.39, 0.29) is 40.6 Å². The second-order valence-corrected chi connectivity index (χ2v) is 11.6. The fraction of sp³-hybridized carbons (Fsp3) is 0.280. The number of hydrogen-bond acceptors (Lipinski definition) is 12. The molecule has 0 spiro atoms. The Labute approximate surface area is 242 Å². The van der Waals surface area contributed by atoms with Gasteiger partial charge in [-0.2, -0.15) is 0 Å². The molecule has 210 valence electrons. The molecule has 2 aromatic rings. The third kappa shape index (κ3) is 6.22. The number of aliphatic carboxylic acids is 1. The third-order valence-corrected chi connectivity index (χ3v) is 9.19. The van der Waals surface area contributed by atoms with Crippen LogP contribution in [0.15, 0.2) is 76.6 Å². The molecule has 1 saturated heterocycles. The largest absolute Gasteiger partial charge is 0.543 e. The van der Waals surface area contributed by atoms with Gasteiger partial charge in [0.1, 0.15) is 22.8 Å². The Hall–Kier alpha value is -3.66. The lowest BCUT2D eigenvalue weighted by Crippen LogP contribution is -2.71. The molecule has 2 aliphatic rings. The van der Waals surface area contributed by atoms with Crippen molar-refractivity contribution in [1.29, 1.82) is 0 Å². The van der Waals surface area contributed by atoms with Crippen molar-refractivity contribution >= 4 is 63.5 Å². The maximum absolute atomic E-state index is 13.1. The Morgan fingerprint density at radius 3 is 2.90 bits per heavy atom. The van der Waals surface area contributed by atoms with Gasteiger partial charge in [-0.15, -0.1) is 28.1 Å². The minimum atomic E-state index is -1.47. The number of aliphatic imine (C=N–C) groups is 1. The zero-order valence-corrected chi connectivity index (χ0v) is 23.8. The first-order chi connectivity index (χ1) is 19.3. The number of pyridine rings is 1. The van der Waals surface area contributed by atoms with E-state index in [2.05, 4.69) is 21.9 Å². The lowest BCUT2D eigenvalue weighted by Gasteiger charge is -2.51. The normalized spacial score (nSPS) is 20.5. The summed E-state index contributed by atoms with van der Waals surface area (Å²) in [7, 11) is 0. The number of hydrogen-bond donors (Lipinski definition) is 3. The standard InChI is InChI=1S/C25H27N7O5S3/c1-3-9-30(4-2)31-10-6-5-7-18(31)38-13-15-12-17(24(36)37)32-22(35)20(23(32)40-15)29-21(34)19(27-8-11-33)16-14-39-25(26)28-16/h3-7,9-10,12,14-15,20,23,33H,2,8,11,13H2,1H3,(H3-,26,28,29,34,36,37)/b9-3+,27-19?/t15?,20-,23-/m1/s1. The molecule has 40 heavy (non-hydrogen) atoms. The summed E-state index contributed by atoms with van der Waals surface area (Å²) in [5.41, 5.74) is 5.62. The monoisotopic (exact) mass is 601 g/mol. The molecule has 1 fully saturated rings. The molecule has 0 bridgehead atoms. The summed E-state index contributed by atoms with van der Waals surface area (Å²) in [6.07, 6.45) is 8.78. The van der Waals surface area contributed by atoms with Gasteiger partial charge in [0, 0.05) is 28.5 Å². The van der Waals surface area contributed by atoms with E-state index in [1.165, 1.54) is 29.6 Å². The van der Waals surface area contributed by atoms with Gasteiger partial charge in [-0.1, -0.05) is 29.1 Å². The number of allylic oxidation sites excluding steroid dienone is 1. The van der Waals surface area contributed by atoms with Crippen LogP contribution >= 0.6 is 34.9 Å². The molecule has 0 aliphatic carbocycles. The number of β-lactam (4-membered cyclic amide) rings is 1. The maximum Gasteiger partial charge on any atom is 0.272 e. The summed E-state index contributed by atoms with van der Waals surface area (Å²) in [5, 5.41) is 27.3. The molecule has 0 radical (unpaired) electrons. The number of nitrogens with two attached hydrogens (primary N) is 1. The highest BCUT2D eigenvalue weighted by Crippen LogP contribution is 2.42. The minimum Gasteiger partial charge on any atom is -0.543 e. The fourth-order valence-electron chi connectivity index (χ4n) is 4.02. The Kier molecular flexibility index (Phi) is 9.63. The number of carbonyl (C=O) groups is 3. The number of carboxylic acid groups (broad SMARTS) is 1. The number of carboxylic acids is 1. The van der Waals surface area contributed by atoms with E-state index < -0.39 is 29.2 Å². The third-order valence-electron chi connectivity index (χ3n) is 5.74. The minimum absolute atomic E-state index is 0.0449. The summed E-state index contributed by atoms with van der Waals surface area (Å²) in [6.45, 7) is 5.41. The predicted octanol–water partition coefficient (Wildman–Crippen LogP) is -0.396. The summed E-state index contributed by atoms with van der Waals surface area (Å²) in [5.74, 6) is -2.23. The zero-order chi connectivity index (χ0) is 28.8. The molecule has 4 rings (SSSR count). The average molecular weight is 602 g/mol. The van der Waals surface area contributed by atoms with Crippen molar-refractivity contribution in [3.8, 4) is 0 Å². The van der Waals surface area contributed by atoms with Crippen LogP contribution in [0.5, 0.6) is 0 Å². The Morgan fingerprint density at radius 1 is 1.45 bits per heavy atom. The first-order valence-corrected chi connectivity index (χ1v) is 14.9. The van der Waals surface area contributed by atoms with Crippen molar-refractivity contribution in [3.63, 3.8) is 0 Å². The van der Waals surface area contributed by atoms with E-state index in [4.69, 9.17) is 5.73 Å². The number of thiazole rings is 1. The number of nitrogens with zero attached hydrogens (tertiary/aromatic N) is 5. The van der Waals surface area contributed by atoms with E-state index >= 15 is 0 Å². The fourth-order valence-corrected chi connectivity index (χ4v) is 7.23. The number of fused-ring (bicyclic) bond motifs is 1. The number of nitrogens with one attached hydrogen (secondary N) is 1. The highest BCUT2D eigenvalue weighted by Gasteiger charge is 2.53. The second kappa shape index (κ2) is 13.1. The van der Waals surface area contributed by atoms with Crippen LogP contribution in [0.25, 0.3) is 0 Å². The van der Waals surface area contributed by atoms with Crippen LogP contribution < -0.4 is 25.8 Å². The quantitative estimate of drug-likeness (QED) is 0.126. The number of aliphatic hydroxyl groups excluding tert-OH is 1. The predicted molar refractivity (Wildman–Crippen MR) is 153 cm³/mol. The van der Waals surface area contributed by atoms with Gasteiger partial charge in [-0.25, -0.2) is 4.98 Å². The molecule has 2 amide bonds. The molecule has 2 aromatic heterocycles. The number of amides is 2. The summed E-state index contributed by atoms with van der Waals surface area (Å²) in [6, 6.07) is 4.73. The molecule has 0 aromatic carbocycles. The maximum atomic E-state index is 13.1. The molecule has 2 aliphatic heterocycles. The Morgan fingerprint density at radius 2 is 2.25 bits per heavy atom. The van der Waals surface area contributed by atoms with Crippen molar-refractivity contribution < 1.29 is 29.3 Å². The lowest BCUT2D eigenvalue weighted by atomic mass is 10.0. The summed E-state index contributed by atoms with van der Waals surface area (Å²) >= 11 is 3.99. The van der Waals surface area contributed by atoms with Crippen molar-refractivity contribution in [3.05, 3.63) is 72.3 Å². The molecular weight excluding hydrogens is 575 g/mol. The van der Waals surface area contributed by atoms with Gasteiger partial charge >= 0.3 is 0 Å². The van der Waals surface area contributed by atoms with Crippen LogP contribution in [0.4, 0.5) is 5.13 Å². The van der Waals surface area contributed by atoms with E-state index in [1.54, 1.807) is 11.6 Å². The number of aromatic nitrogens is 2. The van der Waals surface area contributed by atoms with Crippen molar-refractivity contribution in [2.75, 3.05) is 29.6 Å². The number of nitrogen functional groups attached to an aromatic ring is 1. The van der Waals surface area contributed by atoms with Gasteiger partial charge in [0.15, 0.2) is 5.13 Å². The van der Waals surface area contributed by atoms with Gasteiger partial charge in [-0.3, -0.25) is 19.5 Å². The Balaban J connectivity index is 1.51. The van der Waals surface area contributed by atoms with Crippen molar-refractivity contribution in [1.82, 2.24) is 15.2 Å². The van der Waals surface area contributed by atoms with Crippen LogP contribution in [0.2, 0.25) is 0 Å². The van der Waals surface area contributed by atoms with Crippen LogP contribution in [0.1, 0.15) is 12.6 Å². The number of thioether (sulfide) groups is 2. The second-order valence-electron chi connectivity index (χ2n) is 8.33. The van der Waals surface area contributed by atoms with Gasteiger partial charge in [0.2, 0.25) is 6.20 Å². The van der Waals surface area contributed by atoms with Crippen molar-refractivity contribution in [2.24, 2.45) is 4.99 Å². The van der Waals surface area contributed by atoms with Gasteiger partial charge < -0.3 is 26.1 Å². The molecule has 3 atom stereocenters. The lowest BCUT2D eigenvalue weighted by molar-refractivity contribution is -0.715.